The average molecular weight is 568 g/mol. The van der Waals surface area contributed by atoms with Gasteiger partial charge in [0.1, 0.15) is 11.0 Å². The van der Waals surface area contributed by atoms with Gasteiger partial charge in [-0.1, -0.05) is 57.9 Å². The van der Waals surface area contributed by atoms with Gasteiger partial charge in [-0.25, -0.2) is 14.2 Å². The number of aryl methyl sites for hydroxylation is 1. The van der Waals surface area contributed by atoms with E-state index in [0.29, 0.717) is 17.3 Å². The summed E-state index contributed by atoms with van der Waals surface area (Å²) in [7, 11) is 0. The molecule has 5 nitrogen and oxygen atoms in total. The molecule has 36 heavy (non-hydrogen) atoms. The fourth-order valence-corrected chi connectivity index (χ4v) is 5.18. The molecule has 184 valence electrons. The molecule has 0 bridgehead atoms. The first-order valence-electron chi connectivity index (χ1n) is 11.7. The van der Waals surface area contributed by atoms with E-state index >= 15 is 0 Å². The van der Waals surface area contributed by atoms with Gasteiger partial charge in [-0.05, 0) is 59.5 Å². The zero-order chi connectivity index (χ0) is 25.2. The highest BCUT2D eigenvalue weighted by Crippen LogP contribution is 2.32. The Bertz CT molecular complexity index is 1480. The third-order valence-electron chi connectivity index (χ3n) is 6.50. The molecule has 2 aromatic heterocycles. The van der Waals surface area contributed by atoms with Crippen LogP contribution in [-0.4, -0.2) is 33.6 Å². The minimum Gasteiger partial charge on any atom is -0.333 e. The lowest BCUT2D eigenvalue weighted by Gasteiger charge is -2.27. The normalized spacial score (nSPS) is 13.9. The number of fused-ring (bicyclic) bond motifs is 3. The summed E-state index contributed by atoms with van der Waals surface area (Å²) in [4.78, 5) is 19.7. The zero-order valence-corrected chi connectivity index (χ0v) is 22.1. The van der Waals surface area contributed by atoms with Gasteiger partial charge < -0.3 is 5.32 Å². The fraction of sp³-hybridized carbons (Fsp3) is 0.214. The Labute approximate surface area is 222 Å². The van der Waals surface area contributed by atoms with Crippen molar-refractivity contribution in [3.8, 4) is 0 Å². The minimum atomic E-state index is -0.191. The number of aromatic nitrogens is 2. The molecule has 8 heteroatoms. The summed E-state index contributed by atoms with van der Waals surface area (Å²) in [6.07, 6.45) is 6.41. The lowest BCUT2D eigenvalue weighted by Crippen LogP contribution is -2.34. The SMILES string of the molecule is Cc1ccc(/C=C/CN2CCc3c(c4ccc(Br)cc4n3C(=O)NCc3ccnc(Cl)c3)C2)cc1F. The molecule has 2 aromatic carbocycles. The molecule has 1 amide bonds. The molecule has 0 radical (unpaired) electrons. The van der Waals surface area contributed by atoms with E-state index in [1.807, 2.05) is 30.3 Å². The fourth-order valence-electron chi connectivity index (χ4n) is 4.63. The third-order valence-corrected chi connectivity index (χ3v) is 7.20. The van der Waals surface area contributed by atoms with Crippen molar-refractivity contribution in [2.75, 3.05) is 13.1 Å². The van der Waals surface area contributed by atoms with Crippen LogP contribution in [0.3, 0.4) is 0 Å². The van der Waals surface area contributed by atoms with Gasteiger partial charge in [-0.3, -0.25) is 9.47 Å². The summed E-state index contributed by atoms with van der Waals surface area (Å²) in [6, 6.07) is 14.8. The first-order valence-corrected chi connectivity index (χ1v) is 12.9. The number of carbonyl (C=O) groups excluding carboxylic acids is 1. The van der Waals surface area contributed by atoms with Gasteiger partial charge in [-0.2, -0.15) is 0 Å². The van der Waals surface area contributed by atoms with Crippen LogP contribution in [0.5, 0.6) is 0 Å². The predicted molar refractivity (Wildman–Crippen MR) is 146 cm³/mol. The quantitative estimate of drug-likeness (QED) is 0.272. The van der Waals surface area contributed by atoms with Crippen LogP contribution in [0.15, 0.2) is 65.3 Å². The van der Waals surface area contributed by atoms with Crippen LogP contribution in [-0.2, 0) is 19.5 Å². The number of hydrogen-bond acceptors (Lipinski definition) is 3. The summed E-state index contributed by atoms with van der Waals surface area (Å²) in [5, 5.41) is 4.50. The van der Waals surface area contributed by atoms with Crippen LogP contribution >= 0.6 is 27.5 Å². The van der Waals surface area contributed by atoms with E-state index in [-0.39, 0.29) is 11.8 Å². The first kappa shape index (κ1) is 24.7. The molecule has 1 N–H and O–H groups in total. The van der Waals surface area contributed by atoms with Crippen LogP contribution in [0, 0.1) is 12.7 Å². The second-order valence-corrected chi connectivity index (χ2v) is 10.3. The van der Waals surface area contributed by atoms with Crippen molar-refractivity contribution in [1.29, 1.82) is 0 Å². The lowest BCUT2D eigenvalue weighted by atomic mass is 10.0. The second-order valence-electron chi connectivity index (χ2n) is 8.96. The molecule has 0 unspecified atom stereocenters. The lowest BCUT2D eigenvalue weighted by molar-refractivity contribution is 0.240. The van der Waals surface area contributed by atoms with Crippen LogP contribution in [0.4, 0.5) is 9.18 Å². The molecule has 0 aliphatic carbocycles. The van der Waals surface area contributed by atoms with Gasteiger partial charge in [0, 0.05) is 54.3 Å². The largest absolute Gasteiger partial charge is 0.333 e. The van der Waals surface area contributed by atoms with Crippen molar-refractivity contribution in [2.24, 2.45) is 0 Å². The maximum atomic E-state index is 13.8. The Morgan fingerprint density at radius 3 is 2.89 bits per heavy atom. The van der Waals surface area contributed by atoms with Crippen molar-refractivity contribution < 1.29 is 9.18 Å². The smallest absolute Gasteiger partial charge is 0.326 e. The number of nitrogens with one attached hydrogen (secondary N) is 1. The Balaban J connectivity index is 1.36. The molecular weight excluding hydrogens is 543 g/mol. The van der Waals surface area contributed by atoms with Crippen LogP contribution in [0.25, 0.3) is 17.0 Å². The number of benzene rings is 2. The van der Waals surface area contributed by atoms with Gasteiger partial charge in [-0.15, -0.1) is 0 Å². The van der Waals surface area contributed by atoms with E-state index in [9.17, 15) is 9.18 Å². The Morgan fingerprint density at radius 1 is 1.22 bits per heavy atom. The first-order chi connectivity index (χ1) is 17.4. The Hall–Kier alpha value is -3.00. The average Bonchev–Trinajstić information content (AvgIpc) is 3.17. The summed E-state index contributed by atoms with van der Waals surface area (Å²) >= 11 is 9.54. The topological polar surface area (TPSA) is 50.2 Å². The van der Waals surface area contributed by atoms with Crippen LogP contribution in [0.1, 0.15) is 27.9 Å². The van der Waals surface area contributed by atoms with Crippen molar-refractivity contribution in [2.45, 2.75) is 26.4 Å². The highest BCUT2D eigenvalue weighted by Gasteiger charge is 2.26. The maximum Gasteiger partial charge on any atom is 0.326 e. The van der Waals surface area contributed by atoms with Crippen LogP contribution in [0.2, 0.25) is 5.15 Å². The van der Waals surface area contributed by atoms with Crippen LogP contribution < -0.4 is 5.32 Å². The Kier molecular flexibility index (Phi) is 7.23. The molecule has 0 saturated carbocycles. The molecule has 0 saturated heterocycles. The van der Waals surface area contributed by atoms with Gasteiger partial charge in [0.25, 0.3) is 0 Å². The second kappa shape index (κ2) is 10.5. The van der Waals surface area contributed by atoms with Gasteiger partial charge in [0.2, 0.25) is 0 Å². The molecular formula is C28H25BrClFN4O. The van der Waals surface area contributed by atoms with Gasteiger partial charge in [0.05, 0.1) is 5.52 Å². The minimum absolute atomic E-state index is 0.165. The van der Waals surface area contributed by atoms with E-state index in [2.05, 4.69) is 43.3 Å². The van der Waals surface area contributed by atoms with Gasteiger partial charge >= 0.3 is 6.03 Å². The predicted octanol–water partition coefficient (Wildman–Crippen LogP) is 6.73. The molecule has 5 rings (SSSR count). The molecule has 0 spiro atoms. The summed E-state index contributed by atoms with van der Waals surface area (Å²) < 4.78 is 16.6. The van der Waals surface area contributed by atoms with Crippen molar-refractivity contribution in [1.82, 2.24) is 19.8 Å². The monoisotopic (exact) mass is 566 g/mol. The van der Waals surface area contributed by atoms with Gasteiger partial charge in [0.15, 0.2) is 0 Å². The van der Waals surface area contributed by atoms with Crippen molar-refractivity contribution >= 4 is 50.5 Å². The molecule has 3 heterocycles. The number of pyridine rings is 1. The summed E-state index contributed by atoms with van der Waals surface area (Å²) in [5.74, 6) is -0.191. The number of nitrogens with zero attached hydrogens (tertiary/aromatic N) is 3. The molecule has 0 atom stereocenters. The summed E-state index contributed by atoms with van der Waals surface area (Å²) in [5.41, 5.74) is 5.47. The Morgan fingerprint density at radius 2 is 2.08 bits per heavy atom. The molecule has 0 fully saturated rings. The molecule has 4 aromatic rings. The van der Waals surface area contributed by atoms with E-state index in [1.54, 1.807) is 35.9 Å². The van der Waals surface area contributed by atoms with Crippen molar-refractivity contribution in [3.05, 3.63) is 104 Å². The van der Waals surface area contributed by atoms with E-state index < -0.39 is 0 Å². The standard InChI is InChI=1S/C28H25BrClFN4O/c1-18-4-5-19(13-24(18)31)3-2-11-34-12-9-25-23(17-34)22-7-6-21(29)15-26(22)35(25)28(36)33-16-20-8-10-32-27(30)14-20/h2-8,10,13-15H,9,11-12,16-17H2,1H3,(H,33,36)/b3-2+. The molecule has 1 aliphatic rings. The van der Waals surface area contributed by atoms with E-state index in [4.69, 9.17) is 11.6 Å². The number of hydrogen-bond donors (Lipinski definition) is 1. The highest BCUT2D eigenvalue weighted by atomic mass is 79.9. The number of halogens is 3. The molecule has 1 aliphatic heterocycles. The zero-order valence-electron chi connectivity index (χ0n) is 19.8. The third kappa shape index (κ3) is 5.24. The van der Waals surface area contributed by atoms with E-state index in [1.165, 1.54) is 5.56 Å². The highest BCUT2D eigenvalue weighted by molar-refractivity contribution is 9.10. The number of amides is 1. The van der Waals surface area contributed by atoms with Crippen molar-refractivity contribution in [3.63, 3.8) is 0 Å². The van der Waals surface area contributed by atoms with E-state index in [0.717, 1.165) is 58.3 Å². The maximum absolute atomic E-state index is 13.8. The number of carbonyl (C=O) groups is 1. The number of rotatable bonds is 5. The summed E-state index contributed by atoms with van der Waals surface area (Å²) in [6.45, 7) is 4.43.